The minimum Gasteiger partial charge on any atom is -0.508 e. The molecular weight excluding hydrogens is 306 g/mol. The van der Waals surface area contributed by atoms with E-state index in [1.165, 1.54) is 0 Å². The molecule has 2 N–H and O–H groups in total. The quantitative estimate of drug-likeness (QED) is 0.877. The summed E-state index contributed by atoms with van der Waals surface area (Å²) in [4.78, 5) is 21.9. The minimum absolute atomic E-state index is 0.0919. The average Bonchev–Trinajstić information content (AvgIpc) is 3.15. The smallest absolute Gasteiger partial charge is 0.410 e. The fraction of sp³-hybridized carbons (Fsp3) is 0.444. The number of rotatable bonds is 2. The molecule has 1 saturated heterocycles. The molecule has 0 aliphatic carbocycles. The lowest BCUT2D eigenvalue weighted by Gasteiger charge is -2.27. The van der Waals surface area contributed by atoms with Gasteiger partial charge in [-0.2, -0.15) is 0 Å². The molecule has 1 atom stereocenters. The Balaban J connectivity index is 1.78. The van der Waals surface area contributed by atoms with Gasteiger partial charge in [0.25, 0.3) is 0 Å². The van der Waals surface area contributed by atoms with Gasteiger partial charge in [0.1, 0.15) is 17.2 Å². The number of benzene rings is 1. The molecule has 0 radical (unpaired) electrons. The van der Waals surface area contributed by atoms with Gasteiger partial charge in [0.15, 0.2) is 0 Å². The Bertz CT molecular complexity index is 716. The molecule has 2 heterocycles. The number of nitrogens with zero attached hydrogens (tertiary/aromatic N) is 2. The molecule has 1 aliphatic heterocycles. The van der Waals surface area contributed by atoms with Crippen LogP contribution in [-0.4, -0.2) is 38.2 Å². The molecular formula is C18H23N3O3. The standard InChI is InChI=1S/C18H23N3O3/c1-18(2,3)24-17(23)21-10-4-5-15(21)16-19-11-14(20-16)12-6-8-13(22)9-7-12/h6-9,11,15,22H,4-5,10H2,1-3H3,(H,19,20)/t15-/m0/s1. The van der Waals surface area contributed by atoms with Crippen LogP contribution >= 0.6 is 0 Å². The molecule has 1 amide bonds. The second-order valence-corrected chi connectivity index (χ2v) is 7.06. The highest BCUT2D eigenvalue weighted by molar-refractivity contribution is 5.69. The van der Waals surface area contributed by atoms with Gasteiger partial charge in [-0.15, -0.1) is 0 Å². The first-order valence-corrected chi connectivity index (χ1v) is 8.17. The summed E-state index contributed by atoms with van der Waals surface area (Å²) in [5, 5.41) is 9.39. The Hall–Kier alpha value is -2.50. The summed E-state index contributed by atoms with van der Waals surface area (Å²) in [6.45, 7) is 6.28. The van der Waals surface area contributed by atoms with Crippen molar-refractivity contribution in [2.75, 3.05) is 6.54 Å². The van der Waals surface area contributed by atoms with E-state index in [9.17, 15) is 9.90 Å². The van der Waals surface area contributed by atoms with Crippen molar-refractivity contribution in [3.63, 3.8) is 0 Å². The number of phenolic OH excluding ortho intramolecular Hbond substituents is 1. The summed E-state index contributed by atoms with van der Waals surface area (Å²) in [6.07, 6.45) is 3.25. The molecule has 6 nitrogen and oxygen atoms in total. The van der Waals surface area contributed by atoms with Crippen molar-refractivity contribution in [2.24, 2.45) is 0 Å². The zero-order chi connectivity index (χ0) is 17.3. The number of amides is 1. The van der Waals surface area contributed by atoms with Crippen LogP contribution in [0.3, 0.4) is 0 Å². The van der Waals surface area contributed by atoms with Gasteiger partial charge < -0.3 is 14.8 Å². The van der Waals surface area contributed by atoms with Gasteiger partial charge in [-0.25, -0.2) is 9.78 Å². The molecule has 2 aromatic rings. The number of aromatic hydroxyl groups is 1. The summed E-state index contributed by atoms with van der Waals surface area (Å²) < 4.78 is 5.50. The van der Waals surface area contributed by atoms with Crippen LogP contribution in [0, 0.1) is 0 Å². The van der Waals surface area contributed by atoms with E-state index >= 15 is 0 Å². The third-order valence-corrected chi connectivity index (χ3v) is 3.97. The van der Waals surface area contributed by atoms with Crippen LogP contribution in [0.25, 0.3) is 11.3 Å². The van der Waals surface area contributed by atoms with Gasteiger partial charge in [0.2, 0.25) is 0 Å². The molecule has 1 aliphatic rings. The number of phenols is 1. The summed E-state index contributed by atoms with van der Waals surface area (Å²) in [5.74, 6) is 0.992. The number of imidazole rings is 1. The van der Waals surface area contributed by atoms with Crippen LogP contribution in [0.4, 0.5) is 4.79 Å². The summed E-state index contributed by atoms with van der Waals surface area (Å²) in [7, 11) is 0. The predicted molar refractivity (Wildman–Crippen MR) is 90.6 cm³/mol. The molecule has 24 heavy (non-hydrogen) atoms. The molecule has 0 unspecified atom stereocenters. The molecule has 128 valence electrons. The highest BCUT2D eigenvalue weighted by Gasteiger charge is 2.34. The predicted octanol–water partition coefficient (Wildman–Crippen LogP) is 3.85. The Morgan fingerprint density at radius 3 is 2.71 bits per heavy atom. The topological polar surface area (TPSA) is 78.4 Å². The fourth-order valence-corrected chi connectivity index (χ4v) is 2.88. The molecule has 3 rings (SSSR count). The van der Waals surface area contributed by atoms with Crippen LogP contribution in [0.1, 0.15) is 45.5 Å². The van der Waals surface area contributed by atoms with E-state index in [1.807, 2.05) is 32.9 Å². The van der Waals surface area contributed by atoms with E-state index in [-0.39, 0.29) is 17.9 Å². The van der Waals surface area contributed by atoms with Crippen molar-refractivity contribution in [3.05, 3.63) is 36.3 Å². The monoisotopic (exact) mass is 329 g/mol. The normalized spacial score (nSPS) is 18.0. The zero-order valence-electron chi connectivity index (χ0n) is 14.2. The lowest BCUT2D eigenvalue weighted by Crippen LogP contribution is -2.36. The maximum absolute atomic E-state index is 12.4. The number of carbonyl (C=O) groups is 1. The molecule has 0 saturated carbocycles. The Morgan fingerprint density at radius 1 is 1.33 bits per heavy atom. The molecule has 1 aromatic heterocycles. The fourth-order valence-electron chi connectivity index (χ4n) is 2.88. The molecule has 6 heteroatoms. The van der Waals surface area contributed by atoms with E-state index in [4.69, 9.17) is 4.74 Å². The number of H-pyrrole nitrogens is 1. The molecule has 0 spiro atoms. The van der Waals surface area contributed by atoms with Gasteiger partial charge in [-0.3, -0.25) is 4.90 Å². The SMILES string of the molecule is CC(C)(C)OC(=O)N1CCC[C@H]1c1ncc(-c2ccc(O)cc2)[nH]1. The van der Waals surface area contributed by atoms with Crippen LogP contribution in [0.5, 0.6) is 5.75 Å². The largest absolute Gasteiger partial charge is 0.508 e. The van der Waals surface area contributed by atoms with E-state index < -0.39 is 5.60 Å². The second kappa shape index (κ2) is 6.19. The van der Waals surface area contributed by atoms with Gasteiger partial charge >= 0.3 is 6.09 Å². The average molecular weight is 329 g/mol. The Labute approximate surface area is 141 Å². The third-order valence-electron chi connectivity index (χ3n) is 3.97. The van der Waals surface area contributed by atoms with Crippen molar-refractivity contribution < 1.29 is 14.6 Å². The number of likely N-dealkylation sites (tertiary alicyclic amines) is 1. The lowest BCUT2D eigenvalue weighted by molar-refractivity contribution is 0.0218. The molecule has 1 fully saturated rings. The zero-order valence-corrected chi connectivity index (χ0v) is 14.2. The van der Waals surface area contributed by atoms with Gasteiger partial charge in [-0.05, 0) is 63.4 Å². The minimum atomic E-state index is -0.509. The Morgan fingerprint density at radius 2 is 2.04 bits per heavy atom. The summed E-state index contributed by atoms with van der Waals surface area (Å²) in [6, 6.07) is 6.84. The number of hydrogen-bond acceptors (Lipinski definition) is 4. The van der Waals surface area contributed by atoms with Crippen LogP contribution in [-0.2, 0) is 4.74 Å². The third kappa shape index (κ3) is 3.53. The molecule has 1 aromatic carbocycles. The van der Waals surface area contributed by atoms with Gasteiger partial charge in [0, 0.05) is 6.54 Å². The summed E-state index contributed by atoms with van der Waals surface area (Å²) in [5.41, 5.74) is 1.29. The van der Waals surface area contributed by atoms with E-state index in [1.54, 1.807) is 23.2 Å². The van der Waals surface area contributed by atoms with Crippen molar-refractivity contribution in [2.45, 2.75) is 45.3 Å². The number of ether oxygens (including phenoxy) is 1. The first kappa shape index (κ1) is 16.4. The number of aromatic amines is 1. The number of nitrogens with one attached hydrogen (secondary N) is 1. The highest BCUT2D eigenvalue weighted by atomic mass is 16.6. The number of aromatic nitrogens is 2. The second-order valence-electron chi connectivity index (χ2n) is 7.06. The van der Waals surface area contributed by atoms with E-state index in [2.05, 4.69) is 9.97 Å². The highest BCUT2D eigenvalue weighted by Crippen LogP contribution is 2.32. The van der Waals surface area contributed by atoms with E-state index in [0.717, 1.165) is 29.9 Å². The number of carbonyl (C=O) groups excluding carboxylic acids is 1. The van der Waals surface area contributed by atoms with Crippen LogP contribution < -0.4 is 0 Å². The first-order valence-electron chi connectivity index (χ1n) is 8.17. The summed E-state index contributed by atoms with van der Waals surface area (Å²) >= 11 is 0. The van der Waals surface area contributed by atoms with Crippen molar-refractivity contribution in [1.29, 1.82) is 0 Å². The molecule has 0 bridgehead atoms. The Kier molecular flexibility index (Phi) is 4.22. The maximum Gasteiger partial charge on any atom is 0.410 e. The number of hydrogen-bond donors (Lipinski definition) is 2. The van der Waals surface area contributed by atoms with Gasteiger partial charge in [0.05, 0.1) is 17.9 Å². The van der Waals surface area contributed by atoms with Crippen molar-refractivity contribution in [1.82, 2.24) is 14.9 Å². The van der Waals surface area contributed by atoms with Crippen LogP contribution in [0.15, 0.2) is 30.5 Å². The van der Waals surface area contributed by atoms with Gasteiger partial charge in [-0.1, -0.05) is 0 Å². The van der Waals surface area contributed by atoms with Crippen molar-refractivity contribution >= 4 is 6.09 Å². The van der Waals surface area contributed by atoms with E-state index in [0.29, 0.717) is 6.54 Å². The van der Waals surface area contributed by atoms with Crippen LogP contribution in [0.2, 0.25) is 0 Å². The van der Waals surface area contributed by atoms with Crippen molar-refractivity contribution in [3.8, 4) is 17.0 Å². The maximum atomic E-state index is 12.4. The first-order chi connectivity index (χ1) is 11.3. The lowest BCUT2D eigenvalue weighted by atomic mass is 10.1.